The molecule has 30 heavy (non-hydrogen) atoms. The fourth-order valence-electron chi connectivity index (χ4n) is 4.64. The number of likely N-dealkylation sites (tertiary alicyclic amines) is 1. The Bertz CT molecular complexity index is 1130. The number of nitrogens with zero attached hydrogens (tertiary/aromatic N) is 6. The molecule has 8 nitrogen and oxygen atoms in total. The Morgan fingerprint density at radius 1 is 1.07 bits per heavy atom. The molecule has 0 saturated carbocycles. The first-order chi connectivity index (χ1) is 14.7. The van der Waals surface area contributed by atoms with Crippen LogP contribution >= 0.6 is 0 Å². The van der Waals surface area contributed by atoms with Crippen molar-refractivity contribution >= 4 is 11.6 Å². The number of carbonyl (C=O) groups is 1. The van der Waals surface area contributed by atoms with Crippen LogP contribution < -0.4 is 5.56 Å². The van der Waals surface area contributed by atoms with E-state index in [2.05, 4.69) is 15.3 Å². The second-order valence-corrected chi connectivity index (χ2v) is 8.31. The highest BCUT2D eigenvalue weighted by molar-refractivity contribution is 5.76. The lowest BCUT2D eigenvalue weighted by Gasteiger charge is -2.31. The quantitative estimate of drug-likeness (QED) is 0.621. The minimum Gasteiger partial charge on any atom is -0.341 e. The highest BCUT2D eigenvalue weighted by Gasteiger charge is 2.27. The number of pyridine rings is 1. The number of hydrogen-bond donors (Lipinski definition) is 0. The molecule has 2 aliphatic rings. The molecule has 5 rings (SSSR count). The molecular weight excluding hydrogens is 380 g/mol. The standard InChI is InChI=1S/C22H26N6O2/c29-20-14-17-6-2-1-3-7-18(17)25-28(20)15-21(30)26-12-9-16(10-13-26)22-24-23-19-8-4-5-11-27(19)22/h4-5,8,11,14,16H,1-3,6-7,9-10,12-13,15H2. The lowest BCUT2D eigenvalue weighted by molar-refractivity contribution is -0.133. The number of carbonyl (C=O) groups excluding carboxylic acids is 1. The minimum absolute atomic E-state index is 0.0185. The predicted molar refractivity (Wildman–Crippen MR) is 111 cm³/mol. The highest BCUT2D eigenvalue weighted by Crippen LogP contribution is 2.27. The molecular formula is C22H26N6O2. The maximum absolute atomic E-state index is 12.9. The van der Waals surface area contributed by atoms with Gasteiger partial charge < -0.3 is 4.90 Å². The third-order valence-electron chi connectivity index (χ3n) is 6.36. The van der Waals surface area contributed by atoms with E-state index in [9.17, 15) is 9.59 Å². The Morgan fingerprint density at radius 3 is 2.77 bits per heavy atom. The molecule has 0 aromatic carbocycles. The van der Waals surface area contributed by atoms with Gasteiger partial charge in [0.1, 0.15) is 12.4 Å². The summed E-state index contributed by atoms with van der Waals surface area (Å²) in [5.74, 6) is 1.20. The first-order valence-electron chi connectivity index (χ1n) is 10.9. The van der Waals surface area contributed by atoms with Gasteiger partial charge in [-0.1, -0.05) is 12.5 Å². The number of aryl methyl sites for hydroxylation is 2. The summed E-state index contributed by atoms with van der Waals surface area (Å²) in [5, 5.41) is 13.1. The summed E-state index contributed by atoms with van der Waals surface area (Å²) in [4.78, 5) is 27.2. The van der Waals surface area contributed by atoms with E-state index in [0.29, 0.717) is 13.1 Å². The molecule has 1 saturated heterocycles. The number of piperidine rings is 1. The van der Waals surface area contributed by atoms with Gasteiger partial charge in [0, 0.05) is 31.3 Å². The van der Waals surface area contributed by atoms with Crippen LogP contribution in [0.25, 0.3) is 5.65 Å². The van der Waals surface area contributed by atoms with E-state index in [1.54, 1.807) is 6.07 Å². The van der Waals surface area contributed by atoms with E-state index >= 15 is 0 Å². The highest BCUT2D eigenvalue weighted by atomic mass is 16.2. The van der Waals surface area contributed by atoms with Crippen LogP contribution in [0.2, 0.25) is 0 Å². The summed E-state index contributed by atoms with van der Waals surface area (Å²) < 4.78 is 3.38. The number of aromatic nitrogens is 5. The summed E-state index contributed by atoms with van der Waals surface area (Å²) in [6, 6.07) is 7.56. The third-order valence-corrected chi connectivity index (χ3v) is 6.36. The lowest BCUT2D eigenvalue weighted by Crippen LogP contribution is -2.42. The summed E-state index contributed by atoms with van der Waals surface area (Å²) in [6.07, 6.45) is 8.84. The number of hydrogen-bond acceptors (Lipinski definition) is 5. The maximum Gasteiger partial charge on any atom is 0.267 e. The van der Waals surface area contributed by atoms with Gasteiger partial charge >= 0.3 is 0 Å². The normalized spacial score (nSPS) is 17.7. The van der Waals surface area contributed by atoms with E-state index < -0.39 is 0 Å². The van der Waals surface area contributed by atoms with Gasteiger partial charge in [-0.2, -0.15) is 5.10 Å². The van der Waals surface area contributed by atoms with Crippen molar-refractivity contribution in [1.29, 1.82) is 0 Å². The molecule has 4 heterocycles. The van der Waals surface area contributed by atoms with Crippen LogP contribution in [0.3, 0.4) is 0 Å². The average molecular weight is 406 g/mol. The summed E-state index contributed by atoms with van der Waals surface area (Å²) in [7, 11) is 0. The van der Waals surface area contributed by atoms with E-state index in [4.69, 9.17) is 0 Å². The molecule has 0 unspecified atom stereocenters. The van der Waals surface area contributed by atoms with Crippen molar-refractivity contribution in [3.63, 3.8) is 0 Å². The van der Waals surface area contributed by atoms with Crippen LogP contribution in [0.5, 0.6) is 0 Å². The monoisotopic (exact) mass is 406 g/mol. The Labute approximate surface area is 174 Å². The topological polar surface area (TPSA) is 85.4 Å². The van der Waals surface area contributed by atoms with Crippen LogP contribution in [0.1, 0.15) is 55.1 Å². The Balaban J connectivity index is 1.25. The Hall–Kier alpha value is -3.03. The van der Waals surface area contributed by atoms with Gasteiger partial charge in [-0.3, -0.25) is 14.0 Å². The smallest absolute Gasteiger partial charge is 0.267 e. The van der Waals surface area contributed by atoms with Gasteiger partial charge in [0.25, 0.3) is 5.56 Å². The minimum atomic E-state index is -0.172. The van der Waals surface area contributed by atoms with E-state index in [1.165, 1.54) is 11.1 Å². The molecule has 1 aliphatic carbocycles. The van der Waals surface area contributed by atoms with Crippen molar-refractivity contribution in [2.75, 3.05) is 13.1 Å². The molecule has 3 aromatic rings. The number of fused-ring (bicyclic) bond motifs is 2. The van der Waals surface area contributed by atoms with Crippen LogP contribution in [0.4, 0.5) is 0 Å². The molecule has 156 valence electrons. The van der Waals surface area contributed by atoms with E-state index in [1.807, 2.05) is 33.7 Å². The van der Waals surface area contributed by atoms with Gasteiger partial charge in [0.15, 0.2) is 5.65 Å². The average Bonchev–Trinajstić information content (AvgIpc) is 3.07. The van der Waals surface area contributed by atoms with E-state index in [-0.39, 0.29) is 23.9 Å². The molecule has 0 bridgehead atoms. The molecule has 0 atom stereocenters. The zero-order valence-corrected chi connectivity index (χ0v) is 17.0. The molecule has 1 aliphatic heterocycles. The van der Waals surface area contributed by atoms with Gasteiger partial charge in [0.05, 0.1) is 5.69 Å². The fourth-order valence-corrected chi connectivity index (χ4v) is 4.64. The molecule has 8 heteroatoms. The van der Waals surface area contributed by atoms with Crippen LogP contribution in [0, 0.1) is 0 Å². The summed E-state index contributed by atoms with van der Waals surface area (Å²) in [5.41, 5.74) is 2.72. The van der Waals surface area contributed by atoms with Crippen molar-refractivity contribution in [3.05, 3.63) is 57.9 Å². The molecule has 3 aromatic heterocycles. The predicted octanol–water partition coefficient (Wildman–Crippen LogP) is 1.96. The van der Waals surface area contributed by atoms with E-state index in [0.717, 1.165) is 61.3 Å². The Morgan fingerprint density at radius 2 is 1.90 bits per heavy atom. The number of amides is 1. The molecule has 1 fully saturated rings. The summed E-state index contributed by atoms with van der Waals surface area (Å²) >= 11 is 0. The third kappa shape index (κ3) is 3.62. The second kappa shape index (κ2) is 8.01. The molecule has 0 spiro atoms. The van der Waals surface area contributed by atoms with Crippen LogP contribution in [0.15, 0.2) is 35.3 Å². The van der Waals surface area contributed by atoms with Crippen LogP contribution in [-0.4, -0.2) is 48.3 Å². The molecule has 1 amide bonds. The zero-order valence-electron chi connectivity index (χ0n) is 17.0. The van der Waals surface area contributed by atoms with Crippen molar-refractivity contribution in [1.82, 2.24) is 29.3 Å². The fraction of sp³-hybridized carbons (Fsp3) is 0.500. The van der Waals surface area contributed by atoms with Crippen molar-refractivity contribution in [2.45, 2.75) is 57.4 Å². The van der Waals surface area contributed by atoms with Crippen molar-refractivity contribution in [3.8, 4) is 0 Å². The van der Waals surface area contributed by atoms with Gasteiger partial charge in [0.2, 0.25) is 5.91 Å². The van der Waals surface area contributed by atoms with Crippen LogP contribution in [-0.2, 0) is 24.2 Å². The van der Waals surface area contributed by atoms with Gasteiger partial charge in [-0.05, 0) is 56.2 Å². The zero-order chi connectivity index (χ0) is 20.5. The first-order valence-corrected chi connectivity index (χ1v) is 10.9. The van der Waals surface area contributed by atoms with Gasteiger partial charge in [-0.15, -0.1) is 10.2 Å². The second-order valence-electron chi connectivity index (χ2n) is 8.31. The maximum atomic E-state index is 12.9. The first kappa shape index (κ1) is 19.0. The molecule has 0 radical (unpaired) electrons. The summed E-state index contributed by atoms with van der Waals surface area (Å²) in [6.45, 7) is 1.33. The number of rotatable bonds is 3. The largest absolute Gasteiger partial charge is 0.341 e. The lowest BCUT2D eigenvalue weighted by atomic mass is 9.96. The Kier molecular flexibility index (Phi) is 5.06. The SMILES string of the molecule is O=C(Cn1nc2c(cc1=O)CCCCC2)N1CCC(c2nnc3ccccn23)CC1. The van der Waals surface area contributed by atoms with Crippen molar-refractivity contribution in [2.24, 2.45) is 0 Å². The van der Waals surface area contributed by atoms with Crippen molar-refractivity contribution < 1.29 is 4.79 Å². The van der Waals surface area contributed by atoms with Gasteiger partial charge in [-0.25, -0.2) is 4.68 Å². The molecule has 0 N–H and O–H groups in total.